The van der Waals surface area contributed by atoms with Crippen molar-refractivity contribution in [3.05, 3.63) is 16.9 Å². The molecule has 4 nitrogen and oxygen atoms in total. The van der Waals surface area contributed by atoms with E-state index >= 15 is 0 Å². The van der Waals surface area contributed by atoms with Gasteiger partial charge in [0.25, 0.3) is 0 Å². The van der Waals surface area contributed by atoms with Crippen LogP contribution in [0.25, 0.3) is 0 Å². The van der Waals surface area contributed by atoms with Gasteiger partial charge in [-0.3, -0.25) is 4.68 Å². The van der Waals surface area contributed by atoms with Crippen molar-refractivity contribution >= 4 is 29.3 Å². The highest BCUT2D eigenvalue weighted by Crippen LogP contribution is 2.15. The number of aromatic nitrogens is 2. The van der Waals surface area contributed by atoms with Crippen LogP contribution < -0.4 is 0 Å². The third-order valence-corrected chi connectivity index (χ3v) is 2.28. The minimum atomic E-state index is -0.426. The highest BCUT2D eigenvalue weighted by Gasteiger charge is 2.15. The number of carbonyl (C=O) groups is 1. The molecule has 6 heteroatoms. The molecular weight excluding hydrogens is 224 g/mol. The molecule has 0 N–H and O–H groups in total. The second-order valence-electron chi connectivity index (χ2n) is 2.51. The van der Waals surface area contributed by atoms with E-state index < -0.39 is 5.97 Å². The highest BCUT2D eigenvalue weighted by molar-refractivity contribution is 7.97. The summed E-state index contributed by atoms with van der Waals surface area (Å²) >= 11 is 7.36. The van der Waals surface area contributed by atoms with E-state index in [2.05, 4.69) is 5.10 Å². The predicted molar refractivity (Wildman–Crippen MR) is 56.7 cm³/mol. The van der Waals surface area contributed by atoms with Crippen LogP contribution in [0.5, 0.6) is 0 Å². The first-order valence-electron chi connectivity index (χ1n) is 4.08. The van der Waals surface area contributed by atoms with E-state index in [1.807, 2.05) is 6.26 Å². The molecule has 0 saturated heterocycles. The lowest BCUT2D eigenvalue weighted by Crippen LogP contribution is -2.03. The lowest BCUT2D eigenvalue weighted by Gasteiger charge is -1.97. The molecule has 0 amide bonds. The molecule has 1 aromatic rings. The molecule has 0 aliphatic heterocycles. The summed E-state index contributed by atoms with van der Waals surface area (Å²) in [7, 11) is 0. The Hall–Kier alpha value is -0.680. The summed E-state index contributed by atoms with van der Waals surface area (Å²) in [5, 5.41) is 4.16. The van der Waals surface area contributed by atoms with Crippen LogP contribution in [0.2, 0.25) is 5.15 Å². The predicted octanol–water partition coefficient (Wildman–Crippen LogP) is 2.03. The number of thioether (sulfide) groups is 1. The second kappa shape index (κ2) is 5.26. The van der Waals surface area contributed by atoms with Crippen LogP contribution in [0.1, 0.15) is 17.3 Å². The average Bonchev–Trinajstić information content (AvgIpc) is 2.48. The molecule has 78 valence electrons. The maximum Gasteiger partial charge on any atom is 0.342 e. The van der Waals surface area contributed by atoms with E-state index in [1.165, 1.54) is 0 Å². The van der Waals surface area contributed by atoms with Crippen LogP contribution in [0.3, 0.4) is 0 Å². The average molecular weight is 235 g/mol. The van der Waals surface area contributed by atoms with Crippen LogP contribution in [-0.2, 0) is 10.6 Å². The summed E-state index contributed by atoms with van der Waals surface area (Å²) in [6, 6.07) is 0. The minimum absolute atomic E-state index is 0.192. The third kappa shape index (κ3) is 2.65. The first-order valence-corrected chi connectivity index (χ1v) is 5.85. The molecule has 0 spiro atoms. The summed E-state index contributed by atoms with van der Waals surface area (Å²) in [4.78, 5) is 11.3. The molecule has 0 aromatic carbocycles. The Balaban J connectivity index is 2.81. The van der Waals surface area contributed by atoms with Gasteiger partial charge in [0.1, 0.15) is 5.56 Å². The Morgan fingerprint density at radius 2 is 2.50 bits per heavy atom. The minimum Gasteiger partial charge on any atom is -0.462 e. The lowest BCUT2D eigenvalue weighted by molar-refractivity contribution is 0.0526. The van der Waals surface area contributed by atoms with Crippen molar-refractivity contribution in [1.82, 2.24) is 9.78 Å². The summed E-state index contributed by atoms with van der Waals surface area (Å²) in [5.41, 5.74) is 0.322. The van der Waals surface area contributed by atoms with Gasteiger partial charge in [0.05, 0.1) is 12.5 Å². The second-order valence-corrected chi connectivity index (χ2v) is 3.70. The maximum absolute atomic E-state index is 11.3. The van der Waals surface area contributed by atoms with Gasteiger partial charge in [-0.15, -0.1) is 11.8 Å². The van der Waals surface area contributed by atoms with Gasteiger partial charge in [-0.2, -0.15) is 5.10 Å². The standard InChI is InChI=1S/C8H11ClN2O2S/c1-3-13-8(12)6-4-11(5-14-2)10-7(6)9/h4H,3,5H2,1-2H3. The van der Waals surface area contributed by atoms with Crippen molar-refractivity contribution in [3.63, 3.8) is 0 Å². The molecule has 0 fully saturated rings. The van der Waals surface area contributed by atoms with Crippen LogP contribution in [0, 0.1) is 0 Å². The van der Waals surface area contributed by atoms with Gasteiger partial charge < -0.3 is 4.74 Å². The molecule has 0 bridgehead atoms. The zero-order chi connectivity index (χ0) is 10.6. The summed E-state index contributed by atoms with van der Waals surface area (Å²) < 4.78 is 6.43. The van der Waals surface area contributed by atoms with Crippen molar-refractivity contribution in [2.45, 2.75) is 12.8 Å². The third-order valence-electron chi connectivity index (χ3n) is 1.47. The van der Waals surface area contributed by atoms with Crippen LogP contribution >= 0.6 is 23.4 Å². The summed E-state index contributed by atoms with van der Waals surface area (Å²) in [6.45, 7) is 2.08. The van der Waals surface area contributed by atoms with E-state index in [-0.39, 0.29) is 5.15 Å². The Labute approximate surface area is 91.6 Å². The van der Waals surface area contributed by atoms with Gasteiger partial charge in [-0.25, -0.2) is 4.79 Å². The molecule has 0 aliphatic carbocycles. The Morgan fingerprint density at radius 1 is 1.79 bits per heavy atom. The molecule has 0 saturated carbocycles. The Kier molecular flexibility index (Phi) is 4.28. The van der Waals surface area contributed by atoms with E-state index in [0.29, 0.717) is 18.0 Å². The molecule has 0 radical (unpaired) electrons. The number of hydrogen-bond acceptors (Lipinski definition) is 4. The summed E-state index contributed by atoms with van der Waals surface area (Å²) in [5.74, 6) is 0.240. The Morgan fingerprint density at radius 3 is 3.07 bits per heavy atom. The van der Waals surface area contributed by atoms with Crippen molar-refractivity contribution < 1.29 is 9.53 Å². The van der Waals surface area contributed by atoms with Gasteiger partial charge in [0, 0.05) is 6.20 Å². The first kappa shape index (κ1) is 11.4. The fourth-order valence-corrected chi connectivity index (χ4v) is 1.56. The number of halogens is 1. The fraction of sp³-hybridized carbons (Fsp3) is 0.500. The van der Waals surface area contributed by atoms with Gasteiger partial charge in [-0.05, 0) is 13.2 Å². The van der Waals surface area contributed by atoms with Gasteiger partial charge in [-0.1, -0.05) is 11.6 Å². The van der Waals surface area contributed by atoms with Crippen molar-refractivity contribution in [3.8, 4) is 0 Å². The van der Waals surface area contributed by atoms with Crippen molar-refractivity contribution in [2.24, 2.45) is 0 Å². The number of nitrogens with zero attached hydrogens (tertiary/aromatic N) is 2. The number of carbonyl (C=O) groups excluding carboxylic acids is 1. The van der Waals surface area contributed by atoms with Crippen LogP contribution in [0.4, 0.5) is 0 Å². The number of ether oxygens (including phenoxy) is 1. The van der Waals surface area contributed by atoms with Gasteiger partial charge >= 0.3 is 5.97 Å². The molecule has 1 rings (SSSR count). The van der Waals surface area contributed by atoms with Crippen LogP contribution in [0.15, 0.2) is 6.20 Å². The van der Waals surface area contributed by atoms with E-state index in [4.69, 9.17) is 16.3 Å². The zero-order valence-corrected chi connectivity index (χ0v) is 9.56. The molecule has 1 aromatic heterocycles. The van der Waals surface area contributed by atoms with Crippen molar-refractivity contribution in [1.29, 1.82) is 0 Å². The highest BCUT2D eigenvalue weighted by atomic mass is 35.5. The Bertz CT molecular complexity index is 327. The van der Waals surface area contributed by atoms with Crippen molar-refractivity contribution in [2.75, 3.05) is 12.9 Å². The molecule has 1 heterocycles. The first-order chi connectivity index (χ1) is 6.69. The van der Waals surface area contributed by atoms with Gasteiger partial charge in [0.2, 0.25) is 0 Å². The van der Waals surface area contributed by atoms with Gasteiger partial charge in [0.15, 0.2) is 5.15 Å². The molecule has 0 aliphatic rings. The number of rotatable bonds is 4. The largest absolute Gasteiger partial charge is 0.462 e. The number of hydrogen-bond donors (Lipinski definition) is 0. The number of esters is 1. The topological polar surface area (TPSA) is 44.1 Å². The van der Waals surface area contributed by atoms with Crippen LogP contribution in [-0.4, -0.2) is 28.6 Å². The molecular formula is C8H11ClN2O2S. The maximum atomic E-state index is 11.3. The quantitative estimate of drug-likeness (QED) is 0.748. The lowest BCUT2D eigenvalue weighted by atomic mass is 10.4. The molecule has 14 heavy (non-hydrogen) atoms. The smallest absolute Gasteiger partial charge is 0.342 e. The van der Waals surface area contributed by atoms with E-state index in [9.17, 15) is 4.79 Å². The monoisotopic (exact) mass is 234 g/mol. The molecule has 0 atom stereocenters. The summed E-state index contributed by atoms with van der Waals surface area (Å²) in [6.07, 6.45) is 3.54. The van der Waals surface area contributed by atoms with E-state index in [0.717, 1.165) is 0 Å². The molecule has 0 unspecified atom stereocenters. The zero-order valence-electron chi connectivity index (χ0n) is 7.99. The normalized spacial score (nSPS) is 10.2. The van der Waals surface area contributed by atoms with E-state index in [1.54, 1.807) is 29.6 Å². The fourth-order valence-electron chi connectivity index (χ4n) is 0.942. The SMILES string of the molecule is CCOC(=O)c1cn(CSC)nc1Cl.